The Labute approximate surface area is 102 Å². The third kappa shape index (κ3) is 2.08. The van der Waals surface area contributed by atoms with Crippen molar-refractivity contribution in [3.8, 4) is 0 Å². The number of aliphatic hydroxyl groups is 1. The van der Waals surface area contributed by atoms with Crippen LogP contribution in [0.4, 0.5) is 0 Å². The van der Waals surface area contributed by atoms with Gasteiger partial charge in [0.1, 0.15) is 6.10 Å². The third-order valence-corrected chi connectivity index (χ3v) is 3.93. The van der Waals surface area contributed by atoms with E-state index in [9.17, 15) is 5.11 Å². The van der Waals surface area contributed by atoms with E-state index in [0.29, 0.717) is 0 Å². The van der Waals surface area contributed by atoms with Gasteiger partial charge in [-0.25, -0.2) is 0 Å². The lowest BCUT2D eigenvalue weighted by molar-refractivity contribution is 0.219. The van der Waals surface area contributed by atoms with Crippen LogP contribution in [0.15, 0.2) is 36.7 Å². The Morgan fingerprint density at radius 2 is 2.13 bits per heavy atom. The molecule has 0 spiro atoms. The van der Waals surface area contributed by atoms with Crippen LogP contribution in [0.25, 0.3) is 0 Å². The van der Waals surface area contributed by atoms with Crippen LogP contribution in [0.2, 0.25) is 0 Å². The molecule has 2 nitrogen and oxygen atoms in total. The molecule has 1 aromatic heterocycles. The van der Waals surface area contributed by atoms with Gasteiger partial charge in [-0.05, 0) is 46.7 Å². The molecule has 78 valence electrons. The van der Waals surface area contributed by atoms with E-state index in [1.54, 1.807) is 0 Å². The van der Waals surface area contributed by atoms with E-state index >= 15 is 0 Å². The highest BCUT2D eigenvalue weighted by Crippen LogP contribution is 2.27. The number of halogens is 1. The zero-order chi connectivity index (χ0) is 10.8. The van der Waals surface area contributed by atoms with Crippen LogP contribution >= 0.6 is 22.6 Å². The third-order valence-electron chi connectivity index (χ3n) is 2.45. The molecule has 0 aliphatic carbocycles. The van der Waals surface area contributed by atoms with Crippen molar-refractivity contribution in [2.75, 3.05) is 0 Å². The number of aromatic nitrogens is 1. The number of aromatic amines is 1. The normalized spacial score (nSPS) is 12.7. The van der Waals surface area contributed by atoms with Crippen LogP contribution in [-0.2, 0) is 0 Å². The maximum atomic E-state index is 10.2. The molecular formula is C12H12INO. The minimum atomic E-state index is -0.539. The maximum absolute atomic E-state index is 10.2. The number of rotatable bonds is 2. The Morgan fingerprint density at radius 3 is 2.80 bits per heavy atom. The molecule has 0 bridgehead atoms. The molecule has 0 saturated heterocycles. The minimum absolute atomic E-state index is 0.539. The molecule has 0 aliphatic heterocycles. The number of hydrogen-bond acceptors (Lipinski definition) is 1. The Balaban J connectivity index is 2.42. The second-order valence-electron chi connectivity index (χ2n) is 3.52. The van der Waals surface area contributed by atoms with E-state index in [0.717, 1.165) is 14.7 Å². The van der Waals surface area contributed by atoms with E-state index in [1.165, 1.54) is 5.56 Å². The van der Waals surface area contributed by atoms with Gasteiger partial charge in [0.2, 0.25) is 0 Å². The van der Waals surface area contributed by atoms with Gasteiger partial charge in [-0.2, -0.15) is 0 Å². The standard InChI is InChI=1S/C12H12INO/c1-8-3-2-4-10(11(8)13)12(15)9-5-6-14-7-9/h2-7,12,14-15H,1H3. The zero-order valence-corrected chi connectivity index (χ0v) is 10.5. The fourth-order valence-electron chi connectivity index (χ4n) is 1.57. The molecule has 3 heteroatoms. The number of aryl methyl sites for hydroxylation is 1. The molecule has 2 rings (SSSR count). The van der Waals surface area contributed by atoms with Crippen LogP contribution < -0.4 is 0 Å². The fraction of sp³-hybridized carbons (Fsp3) is 0.167. The minimum Gasteiger partial charge on any atom is -0.384 e. The van der Waals surface area contributed by atoms with Crippen molar-refractivity contribution in [1.82, 2.24) is 4.98 Å². The molecular weight excluding hydrogens is 301 g/mol. The first-order chi connectivity index (χ1) is 7.20. The van der Waals surface area contributed by atoms with Gasteiger partial charge in [-0.1, -0.05) is 18.2 Å². The molecule has 1 unspecified atom stereocenters. The summed E-state index contributed by atoms with van der Waals surface area (Å²) in [5, 5.41) is 10.2. The Bertz CT molecular complexity index is 451. The summed E-state index contributed by atoms with van der Waals surface area (Å²) in [5.74, 6) is 0. The molecule has 0 amide bonds. The smallest absolute Gasteiger partial charge is 0.107 e. The van der Waals surface area contributed by atoms with E-state index < -0.39 is 6.10 Å². The van der Waals surface area contributed by atoms with Crippen molar-refractivity contribution in [3.63, 3.8) is 0 Å². The van der Waals surface area contributed by atoms with E-state index in [2.05, 4.69) is 40.6 Å². The average Bonchev–Trinajstić information content (AvgIpc) is 2.74. The summed E-state index contributed by atoms with van der Waals surface area (Å²) in [6.07, 6.45) is 3.10. The molecule has 0 saturated carbocycles. The molecule has 2 aromatic rings. The second kappa shape index (κ2) is 4.37. The summed E-state index contributed by atoms with van der Waals surface area (Å²) in [5.41, 5.74) is 3.07. The largest absolute Gasteiger partial charge is 0.384 e. The first-order valence-electron chi connectivity index (χ1n) is 4.76. The molecule has 0 aliphatic rings. The van der Waals surface area contributed by atoms with Crippen molar-refractivity contribution in [2.45, 2.75) is 13.0 Å². The summed E-state index contributed by atoms with van der Waals surface area (Å²) in [6.45, 7) is 2.05. The number of aliphatic hydroxyl groups excluding tert-OH is 1. The van der Waals surface area contributed by atoms with Crippen LogP contribution in [-0.4, -0.2) is 10.1 Å². The summed E-state index contributed by atoms with van der Waals surface area (Å²) in [4.78, 5) is 2.95. The summed E-state index contributed by atoms with van der Waals surface area (Å²) in [6, 6.07) is 7.88. The van der Waals surface area contributed by atoms with Crippen LogP contribution in [0.1, 0.15) is 22.8 Å². The molecule has 1 atom stereocenters. The second-order valence-corrected chi connectivity index (χ2v) is 4.60. The lowest BCUT2D eigenvalue weighted by Crippen LogP contribution is -2.01. The highest BCUT2D eigenvalue weighted by atomic mass is 127. The van der Waals surface area contributed by atoms with Crippen LogP contribution in [0, 0.1) is 10.5 Å². The van der Waals surface area contributed by atoms with E-state index in [4.69, 9.17) is 0 Å². The SMILES string of the molecule is Cc1cccc(C(O)c2cc[nH]c2)c1I. The van der Waals surface area contributed by atoms with Gasteiger partial charge in [0.15, 0.2) is 0 Å². The lowest BCUT2D eigenvalue weighted by atomic mass is 10.0. The van der Waals surface area contributed by atoms with Crippen molar-refractivity contribution < 1.29 is 5.11 Å². The van der Waals surface area contributed by atoms with Crippen molar-refractivity contribution in [2.24, 2.45) is 0 Å². The summed E-state index contributed by atoms with van der Waals surface area (Å²) in [7, 11) is 0. The van der Waals surface area contributed by atoms with E-state index in [-0.39, 0.29) is 0 Å². The monoisotopic (exact) mass is 313 g/mol. The summed E-state index contributed by atoms with van der Waals surface area (Å²) >= 11 is 2.27. The van der Waals surface area contributed by atoms with Gasteiger partial charge in [0, 0.05) is 21.5 Å². The fourth-order valence-corrected chi connectivity index (χ4v) is 2.22. The Hall–Kier alpha value is -0.810. The molecule has 15 heavy (non-hydrogen) atoms. The van der Waals surface area contributed by atoms with E-state index in [1.807, 2.05) is 30.6 Å². The van der Waals surface area contributed by atoms with Crippen LogP contribution in [0.3, 0.4) is 0 Å². The molecule has 0 radical (unpaired) electrons. The summed E-state index contributed by atoms with van der Waals surface area (Å²) < 4.78 is 1.13. The number of H-pyrrole nitrogens is 1. The van der Waals surface area contributed by atoms with Gasteiger partial charge in [0.05, 0.1) is 0 Å². The first-order valence-corrected chi connectivity index (χ1v) is 5.84. The Kier molecular flexibility index (Phi) is 3.11. The van der Waals surface area contributed by atoms with Crippen molar-refractivity contribution in [1.29, 1.82) is 0 Å². The number of hydrogen-bond donors (Lipinski definition) is 2. The maximum Gasteiger partial charge on any atom is 0.107 e. The predicted octanol–water partition coefficient (Wildman–Crippen LogP) is 3.01. The molecule has 1 heterocycles. The predicted molar refractivity (Wildman–Crippen MR) is 68.8 cm³/mol. The molecule has 0 fully saturated rings. The lowest BCUT2D eigenvalue weighted by Gasteiger charge is -2.12. The number of nitrogens with one attached hydrogen (secondary N) is 1. The van der Waals surface area contributed by atoms with Crippen molar-refractivity contribution in [3.05, 3.63) is 56.9 Å². The first kappa shape index (κ1) is 10.7. The van der Waals surface area contributed by atoms with Gasteiger partial charge >= 0.3 is 0 Å². The van der Waals surface area contributed by atoms with Gasteiger partial charge in [-0.3, -0.25) is 0 Å². The highest BCUT2D eigenvalue weighted by Gasteiger charge is 2.14. The topological polar surface area (TPSA) is 36.0 Å². The average molecular weight is 313 g/mol. The van der Waals surface area contributed by atoms with Gasteiger partial charge in [0.25, 0.3) is 0 Å². The van der Waals surface area contributed by atoms with Gasteiger partial charge < -0.3 is 10.1 Å². The quantitative estimate of drug-likeness (QED) is 0.822. The number of benzene rings is 1. The molecule has 1 aromatic carbocycles. The highest BCUT2D eigenvalue weighted by molar-refractivity contribution is 14.1. The Morgan fingerprint density at radius 1 is 1.33 bits per heavy atom. The van der Waals surface area contributed by atoms with Crippen LogP contribution in [0.5, 0.6) is 0 Å². The van der Waals surface area contributed by atoms with Crippen molar-refractivity contribution >= 4 is 22.6 Å². The molecule has 2 N–H and O–H groups in total. The van der Waals surface area contributed by atoms with Gasteiger partial charge in [-0.15, -0.1) is 0 Å². The zero-order valence-electron chi connectivity index (χ0n) is 8.37.